The Morgan fingerprint density at radius 3 is 2.35 bits per heavy atom. The zero-order chi connectivity index (χ0) is 15.3. The van der Waals surface area contributed by atoms with Crippen LogP contribution in [0.2, 0.25) is 0 Å². The average molecular weight is 281 g/mol. The van der Waals surface area contributed by atoms with Gasteiger partial charge in [0.25, 0.3) is 0 Å². The molecule has 1 aromatic heterocycles. The molecule has 8 nitrogen and oxygen atoms in total. The number of amides is 1. The molecule has 20 heavy (non-hydrogen) atoms. The minimum atomic E-state index is -0.424. The van der Waals surface area contributed by atoms with E-state index in [1.807, 2.05) is 27.9 Å². The zero-order valence-electron chi connectivity index (χ0n) is 12.7. The van der Waals surface area contributed by atoms with E-state index in [4.69, 9.17) is 5.73 Å². The van der Waals surface area contributed by atoms with Crippen LogP contribution in [0.5, 0.6) is 0 Å². The quantitative estimate of drug-likeness (QED) is 0.767. The van der Waals surface area contributed by atoms with Crippen molar-refractivity contribution in [2.24, 2.45) is 0 Å². The van der Waals surface area contributed by atoms with Gasteiger partial charge in [0, 0.05) is 27.2 Å². The molecule has 1 rings (SSSR count). The highest BCUT2D eigenvalue weighted by Gasteiger charge is 2.19. The van der Waals surface area contributed by atoms with Crippen molar-refractivity contribution in [3.63, 3.8) is 0 Å². The maximum atomic E-state index is 12.2. The van der Waals surface area contributed by atoms with Crippen molar-refractivity contribution in [2.45, 2.75) is 26.8 Å². The van der Waals surface area contributed by atoms with E-state index in [0.717, 1.165) is 0 Å². The molecule has 0 aromatic carbocycles. The fourth-order valence-corrected chi connectivity index (χ4v) is 1.71. The van der Waals surface area contributed by atoms with Crippen LogP contribution in [0.15, 0.2) is 0 Å². The number of carbonyl (C=O) groups is 1. The van der Waals surface area contributed by atoms with E-state index < -0.39 is 6.04 Å². The zero-order valence-corrected chi connectivity index (χ0v) is 12.7. The van der Waals surface area contributed by atoms with Crippen LogP contribution in [-0.4, -0.2) is 59.0 Å². The second-order valence-corrected chi connectivity index (χ2v) is 4.59. The van der Waals surface area contributed by atoms with Crippen molar-refractivity contribution in [1.29, 1.82) is 0 Å². The number of hydrogen-bond acceptors (Lipinski definition) is 7. The van der Waals surface area contributed by atoms with E-state index >= 15 is 0 Å². The van der Waals surface area contributed by atoms with E-state index in [1.165, 1.54) is 0 Å². The molecule has 0 aliphatic heterocycles. The fourth-order valence-electron chi connectivity index (χ4n) is 1.71. The molecular weight excluding hydrogens is 258 g/mol. The average Bonchev–Trinajstić information content (AvgIpc) is 2.39. The van der Waals surface area contributed by atoms with Gasteiger partial charge < -0.3 is 20.9 Å². The van der Waals surface area contributed by atoms with Gasteiger partial charge in [0.15, 0.2) is 0 Å². The molecule has 0 fully saturated rings. The third-order valence-electron chi connectivity index (χ3n) is 2.83. The van der Waals surface area contributed by atoms with Gasteiger partial charge in [-0.25, -0.2) is 0 Å². The summed E-state index contributed by atoms with van der Waals surface area (Å²) in [6.07, 6.45) is 0. The van der Waals surface area contributed by atoms with E-state index in [-0.39, 0.29) is 11.9 Å². The van der Waals surface area contributed by atoms with Crippen LogP contribution in [0.25, 0.3) is 0 Å². The van der Waals surface area contributed by atoms with Crippen LogP contribution >= 0.6 is 0 Å². The van der Waals surface area contributed by atoms with Crippen LogP contribution in [0.4, 0.5) is 17.8 Å². The summed E-state index contributed by atoms with van der Waals surface area (Å²) in [7, 11) is 3.62. The highest BCUT2D eigenvalue weighted by atomic mass is 16.2. The molecule has 0 radical (unpaired) electrons. The third-order valence-corrected chi connectivity index (χ3v) is 2.83. The van der Waals surface area contributed by atoms with Gasteiger partial charge in [0.1, 0.15) is 6.04 Å². The highest BCUT2D eigenvalue weighted by Crippen LogP contribution is 2.10. The van der Waals surface area contributed by atoms with Crippen molar-refractivity contribution in [3.05, 3.63) is 0 Å². The number of likely N-dealkylation sites (N-methyl/N-ethyl adjacent to an activating group) is 1. The van der Waals surface area contributed by atoms with E-state index in [2.05, 4.69) is 20.3 Å². The van der Waals surface area contributed by atoms with Crippen molar-refractivity contribution in [3.8, 4) is 0 Å². The SMILES string of the molecule is CCN(CC)C(=O)C(C)Nc1nc(N)nc(N(C)C)n1. The Hall–Kier alpha value is -2.12. The summed E-state index contributed by atoms with van der Waals surface area (Å²) < 4.78 is 0. The topological polar surface area (TPSA) is 100 Å². The maximum Gasteiger partial charge on any atom is 0.244 e. The van der Waals surface area contributed by atoms with Crippen LogP contribution in [-0.2, 0) is 4.79 Å². The number of rotatable bonds is 6. The first-order chi connectivity index (χ1) is 9.38. The normalized spacial score (nSPS) is 11.8. The number of nitrogens with one attached hydrogen (secondary N) is 1. The first kappa shape index (κ1) is 15.9. The Bertz CT molecular complexity index is 459. The van der Waals surface area contributed by atoms with Crippen molar-refractivity contribution in [1.82, 2.24) is 19.9 Å². The van der Waals surface area contributed by atoms with Gasteiger partial charge >= 0.3 is 0 Å². The van der Waals surface area contributed by atoms with Crippen LogP contribution in [0.1, 0.15) is 20.8 Å². The molecule has 0 spiro atoms. The molecular formula is C12H23N7O. The Labute approximate surface area is 119 Å². The Morgan fingerprint density at radius 1 is 1.25 bits per heavy atom. The Morgan fingerprint density at radius 2 is 1.85 bits per heavy atom. The second-order valence-electron chi connectivity index (χ2n) is 4.59. The molecule has 1 amide bonds. The molecule has 0 aliphatic rings. The van der Waals surface area contributed by atoms with Gasteiger partial charge in [-0.15, -0.1) is 0 Å². The fraction of sp³-hybridized carbons (Fsp3) is 0.667. The summed E-state index contributed by atoms with van der Waals surface area (Å²) in [6.45, 7) is 7.00. The molecule has 1 unspecified atom stereocenters. The summed E-state index contributed by atoms with van der Waals surface area (Å²) in [4.78, 5) is 27.8. The van der Waals surface area contributed by atoms with Crippen LogP contribution in [0, 0.1) is 0 Å². The summed E-state index contributed by atoms with van der Waals surface area (Å²) in [5.74, 6) is 0.866. The first-order valence-electron chi connectivity index (χ1n) is 6.63. The van der Waals surface area contributed by atoms with Gasteiger partial charge in [-0.2, -0.15) is 15.0 Å². The molecule has 8 heteroatoms. The predicted molar refractivity (Wildman–Crippen MR) is 79.6 cm³/mol. The number of nitrogens with two attached hydrogens (primary N) is 1. The minimum Gasteiger partial charge on any atom is -0.368 e. The number of aromatic nitrogens is 3. The van der Waals surface area contributed by atoms with Gasteiger partial charge in [-0.3, -0.25) is 4.79 Å². The number of hydrogen-bond donors (Lipinski definition) is 2. The highest BCUT2D eigenvalue weighted by molar-refractivity contribution is 5.83. The third kappa shape index (κ3) is 3.94. The molecule has 0 saturated heterocycles. The van der Waals surface area contributed by atoms with Gasteiger partial charge in [0.05, 0.1) is 0 Å². The number of nitrogen functional groups attached to an aromatic ring is 1. The molecule has 0 aliphatic carbocycles. The second kappa shape index (κ2) is 6.88. The van der Waals surface area contributed by atoms with Crippen molar-refractivity contribution >= 4 is 23.8 Å². The van der Waals surface area contributed by atoms with E-state index in [9.17, 15) is 4.79 Å². The molecule has 3 N–H and O–H groups in total. The minimum absolute atomic E-state index is 0.000358. The summed E-state index contributed by atoms with van der Waals surface area (Å²) in [5, 5.41) is 2.97. The molecule has 1 aromatic rings. The molecule has 0 saturated carbocycles. The first-order valence-corrected chi connectivity index (χ1v) is 6.63. The molecule has 112 valence electrons. The number of nitrogens with zero attached hydrogens (tertiary/aromatic N) is 5. The van der Waals surface area contributed by atoms with Gasteiger partial charge in [0.2, 0.25) is 23.8 Å². The van der Waals surface area contributed by atoms with Gasteiger partial charge in [-0.05, 0) is 20.8 Å². The monoisotopic (exact) mass is 281 g/mol. The predicted octanol–water partition coefficient (Wildman–Crippen LogP) is 0.189. The smallest absolute Gasteiger partial charge is 0.244 e. The molecule has 1 atom stereocenters. The standard InChI is InChI=1S/C12H23N7O/c1-6-19(7-2)9(20)8(3)14-11-15-10(13)16-12(17-11)18(4)5/h8H,6-7H2,1-5H3,(H3,13,14,15,16,17). The summed E-state index contributed by atoms with van der Waals surface area (Å²) in [5.41, 5.74) is 5.64. The lowest BCUT2D eigenvalue weighted by Gasteiger charge is -2.23. The van der Waals surface area contributed by atoms with Crippen LogP contribution in [0.3, 0.4) is 0 Å². The van der Waals surface area contributed by atoms with Crippen molar-refractivity contribution in [2.75, 3.05) is 43.1 Å². The lowest BCUT2D eigenvalue weighted by Crippen LogP contribution is -2.41. The molecule has 0 bridgehead atoms. The lowest BCUT2D eigenvalue weighted by atomic mass is 10.3. The van der Waals surface area contributed by atoms with E-state index in [1.54, 1.807) is 16.7 Å². The Kier molecular flexibility index (Phi) is 5.48. The van der Waals surface area contributed by atoms with E-state index in [0.29, 0.717) is 25.0 Å². The largest absolute Gasteiger partial charge is 0.368 e. The number of anilines is 3. The maximum absolute atomic E-state index is 12.2. The molecule has 1 heterocycles. The summed E-state index contributed by atoms with van der Waals surface area (Å²) >= 11 is 0. The lowest BCUT2D eigenvalue weighted by molar-refractivity contribution is -0.131. The Balaban J connectivity index is 2.85. The van der Waals surface area contributed by atoms with Gasteiger partial charge in [-0.1, -0.05) is 0 Å². The van der Waals surface area contributed by atoms with Crippen LogP contribution < -0.4 is 16.0 Å². The number of carbonyl (C=O) groups excluding carboxylic acids is 1. The summed E-state index contributed by atoms with van der Waals surface area (Å²) in [6, 6.07) is -0.424. The van der Waals surface area contributed by atoms with Crippen molar-refractivity contribution < 1.29 is 4.79 Å².